The normalized spacial score (nSPS) is 14.0. The SMILES string of the molecule is CCCCCCCCCCCCCCCCCCCCCCCC(=O)O[C@H](COC(=O)CCCCCCCCCCCCC)COP(=O)(O)OC[C@@H](O)COP(=O)(O)OC[C@@H](COC(=O)CCCCCCCCCC)OC(=O)CCCCCCCCCCCC. The van der Waals surface area contributed by atoms with Crippen LogP contribution >= 0.6 is 15.6 Å². The van der Waals surface area contributed by atoms with Crippen LogP contribution in [-0.2, 0) is 65.4 Å². The van der Waals surface area contributed by atoms with Crippen molar-refractivity contribution in [1.29, 1.82) is 0 Å². The van der Waals surface area contributed by atoms with Crippen molar-refractivity contribution in [3.05, 3.63) is 0 Å². The van der Waals surface area contributed by atoms with E-state index in [1.807, 2.05) is 0 Å². The molecule has 0 aliphatic rings. The van der Waals surface area contributed by atoms with Gasteiger partial charge in [-0.15, -0.1) is 0 Å². The number of hydrogen-bond acceptors (Lipinski definition) is 15. The number of rotatable bonds is 72. The zero-order chi connectivity index (χ0) is 66.1. The molecule has 90 heavy (non-hydrogen) atoms. The Morgan fingerprint density at radius 2 is 0.444 bits per heavy atom. The second-order valence-electron chi connectivity index (χ2n) is 25.6. The van der Waals surface area contributed by atoms with E-state index in [1.54, 1.807) is 0 Å². The van der Waals surface area contributed by atoms with Gasteiger partial charge < -0.3 is 33.8 Å². The van der Waals surface area contributed by atoms with Gasteiger partial charge in [0.15, 0.2) is 12.2 Å². The standard InChI is InChI=1S/C71H138O17P2/c1-5-9-13-17-21-25-28-29-30-31-32-33-34-35-36-37-39-42-46-50-54-58-71(76)88-67(62-82-69(74)56-52-48-44-41-38-26-22-18-14-10-6-2)64-86-90(79,80)84-60-65(72)59-83-89(77,78)85-63-66(61-81-68(73)55-51-47-43-24-20-16-12-8-4)87-70(75)57-53-49-45-40-27-23-19-15-11-7-3/h65-67,72H,5-64H2,1-4H3,(H,77,78)(H,79,80)/t65-,66+,67+/m0/s1. The van der Waals surface area contributed by atoms with Gasteiger partial charge in [-0.3, -0.25) is 37.3 Å². The number of carbonyl (C=O) groups is 4. The maximum atomic E-state index is 13.0. The molecule has 0 bridgehead atoms. The van der Waals surface area contributed by atoms with Gasteiger partial charge in [-0.05, 0) is 25.7 Å². The van der Waals surface area contributed by atoms with Crippen LogP contribution in [-0.4, -0.2) is 96.7 Å². The van der Waals surface area contributed by atoms with Gasteiger partial charge in [-0.1, -0.05) is 323 Å². The van der Waals surface area contributed by atoms with Crippen molar-refractivity contribution in [3.8, 4) is 0 Å². The van der Waals surface area contributed by atoms with Crippen molar-refractivity contribution in [2.75, 3.05) is 39.6 Å². The largest absolute Gasteiger partial charge is 0.472 e. The average molecular weight is 1330 g/mol. The lowest BCUT2D eigenvalue weighted by atomic mass is 10.0. The first-order chi connectivity index (χ1) is 43.7. The summed E-state index contributed by atoms with van der Waals surface area (Å²) in [5.41, 5.74) is 0. The number of esters is 4. The van der Waals surface area contributed by atoms with Crippen molar-refractivity contribution in [2.24, 2.45) is 0 Å². The summed E-state index contributed by atoms with van der Waals surface area (Å²) < 4.78 is 68.2. The lowest BCUT2D eigenvalue weighted by Gasteiger charge is -2.21. The molecule has 0 aromatic heterocycles. The Labute approximate surface area is 549 Å². The van der Waals surface area contributed by atoms with Gasteiger partial charge in [0.05, 0.1) is 26.4 Å². The number of aliphatic hydroxyl groups excluding tert-OH is 1. The van der Waals surface area contributed by atoms with Crippen LogP contribution in [0.2, 0.25) is 0 Å². The fourth-order valence-electron chi connectivity index (χ4n) is 10.9. The maximum Gasteiger partial charge on any atom is 0.472 e. The molecule has 0 fully saturated rings. The molecule has 17 nitrogen and oxygen atoms in total. The summed E-state index contributed by atoms with van der Waals surface area (Å²) in [5.74, 6) is -2.12. The minimum Gasteiger partial charge on any atom is -0.462 e. The van der Waals surface area contributed by atoms with E-state index in [4.69, 9.17) is 37.0 Å². The van der Waals surface area contributed by atoms with E-state index in [2.05, 4.69) is 27.7 Å². The molecule has 0 amide bonds. The summed E-state index contributed by atoms with van der Waals surface area (Å²) in [6.45, 7) is 4.91. The first-order valence-electron chi connectivity index (χ1n) is 37.3. The first-order valence-corrected chi connectivity index (χ1v) is 40.3. The molecule has 0 saturated carbocycles. The molecule has 0 aromatic carbocycles. The number of hydrogen-bond donors (Lipinski definition) is 3. The highest BCUT2D eigenvalue weighted by molar-refractivity contribution is 7.47. The Balaban J connectivity index is 5.13. The molecule has 5 atom stereocenters. The Morgan fingerprint density at radius 3 is 0.656 bits per heavy atom. The second kappa shape index (κ2) is 65.7. The van der Waals surface area contributed by atoms with E-state index < -0.39 is 97.5 Å². The van der Waals surface area contributed by atoms with Crippen LogP contribution in [0.15, 0.2) is 0 Å². The number of phosphoric ester groups is 2. The van der Waals surface area contributed by atoms with E-state index in [0.29, 0.717) is 25.7 Å². The fraction of sp³-hybridized carbons (Fsp3) is 0.944. The highest BCUT2D eigenvalue weighted by atomic mass is 31.2. The summed E-state index contributed by atoms with van der Waals surface area (Å²) >= 11 is 0. The molecule has 3 N–H and O–H groups in total. The van der Waals surface area contributed by atoms with Crippen LogP contribution in [0.5, 0.6) is 0 Å². The van der Waals surface area contributed by atoms with Crippen LogP contribution in [0.25, 0.3) is 0 Å². The molecule has 2 unspecified atom stereocenters. The molecule has 0 spiro atoms. The molecule has 0 heterocycles. The number of unbranched alkanes of at least 4 members (excludes halogenated alkanes) is 46. The molecule has 534 valence electrons. The van der Waals surface area contributed by atoms with Crippen molar-refractivity contribution in [2.45, 2.75) is 393 Å². The maximum absolute atomic E-state index is 13.0. The zero-order valence-corrected chi connectivity index (χ0v) is 59.9. The quantitative estimate of drug-likeness (QED) is 0.0222. The van der Waals surface area contributed by atoms with Crippen LogP contribution < -0.4 is 0 Å². The zero-order valence-electron chi connectivity index (χ0n) is 58.1. The van der Waals surface area contributed by atoms with Crippen molar-refractivity contribution >= 4 is 39.5 Å². The molecule has 0 aromatic rings. The molecular weight excluding hydrogens is 1190 g/mol. The van der Waals surface area contributed by atoms with Crippen LogP contribution in [0.4, 0.5) is 0 Å². The molecule has 0 radical (unpaired) electrons. The predicted molar refractivity (Wildman–Crippen MR) is 363 cm³/mol. The predicted octanol–water partition coefficient (Wildman–Crippen LogP) is 20.7. The highest BCUT2D eigenvalue weighted by Crippen LogP contribution is 2.45. The van der Waals surface area contributed by atoms with Crippen LogP contribution in [0.3, 0.4) is 0 Å². The van der Waals surface area contributed by atoms with E-state index in [0.717, 1.165) is 96.3 Å². The topological polar surface area (TPSA) is 237 Å². The number of carbonyl (C=O) groups excluding carboxylic acids is 4. The Hall–Kier alpha value is -1.94. The number of aliphatic hydroxyl groups is 1. The number of phosphoric acid groups is 2. The van der Waals surface area contributed by atoms with E-state index >= 15 is 0 Å². The Morgan fingerprint density at radius 1 is 0.267 bits per heavy atom. The van der Waals surface area contributed by atoms with Crippen molar-refractivity contribution < 1.29 is 80.2 Å². The van der Waals surface area contributed by atoms with Gasteiger partial charge >= 0.3 is 39.5 Å². The summed E-state index contributed by atoms with van der Waals surface area (Å²) in [6, 6.07) is 0. The molecule has 19 heteroatoms. The van der Waals surface area contributed by atoms with Crippen molar-refractivity contribution in [1.82, 2.24) is 0 Å². The number of ether oxygens (including phenoxy) is 4. The third-order valence-corrected chi connectivity index (χ3v) is 18.5. The fourth-order valence-corrected chi connectivity index (χ4v) is 12.4. The first kappa shape index (κ1) is 88.1. The summed E-state index contributed by atoms with van der Waals surface area (Å²) in [6.07, 6.45) is 54.3. The lowest BCUT2D eigenvalue weighted by molar-refractivity contribution is -0.161. The summed E-state index contributed by atoms with van der Waals surface area (Å²) in [5, 5.41) is 10.6. The van der Waals surface area contributed by atoms with Crippen LogP contribution in [0.1, 0.15) is 374 Å². The smallest absolute Gasteiger partial charge is 0.462 e. The van der Waals surface area contributed by atoms with E-state index in [9.17, 15) is 43.2 Å². The van der Waals surface area contributed by atoms with Gasteiger partial charge in [0, 0.05) is 25.7 Å². The Kier molecular flexibility index (Phi) is 64.3. The second-order valence-corrected chi connectivity index (χ2v) is 28.5. The molecule has 0 saturated heterocycles. The lowest BCUT2D eigenvalue weighted by Crippen LogP contribution is -2.30. The third kappa shape index (κ3) is 64.8. The van der Waals surface area contributed by atoms with Gasteiger partial charge in [-0.2, -0.15) is 0 Å². The minimum atomic E-state index is -4.95. The van der Waals surface area contributed by atoms with E-state index in [1.165, 1.54) is 199 Å². The molecule has 0 aliphatic heterocycles. The molecule has 0 aliphatic carbocycles. The monoisotopic (exact) mass is 1320 g/mol. The van der Waals surface area contributed by atoms with Gasteiger partial charge in [-0.25, -0.2) is 9.13 Å². The van der Waals surface area contributed by atoms with Gasteiger partial charge in [0.1, 0.15) is 19.3 Å². The van der Waals surface area contributed by atoms with E-state index in [-0.39, 0.29) is 25.7 Å². The molecule has 0 rings (SSSR count). The average Bonchev–Trinajstić information content (AvgIpc) is 3.19. The van der Waals surface area contributed by atoms with Crippen LogP contribution in [0, 0.1) is 0 Å². The summed E-state index contributed by atoms with van der Waals surface area (Å²) in [7, 11) is -9.89. The van der Waals surface area contributed by atoms with Crippen molar-refractivity contribution in [3.63, 3.8) is 0 Å². The minimum absolute atomic E-state index is 0.107. The highest BCUT2D eigenvalue weighted by Gasteiger charge is 2.30. The van der Waals surface area contributed by atoms with Gasteiger partial charge in [0.25, 0.3) is 0 Å². The third-order valence-electron chi connectivity index (χ3n) is 16.6. The Bertz CT molecular complexity index is 1720. The summed E-state index contributed by atoms with van der Waals surface area (Å²) in [4.78, 5) is 72.4. The van der Waals surface area contributed by atoms with Gasteiger partial charge in [0.2, 0.25) is 0 Å². The molecular formula is C71H138O17P2.